The SMILES string of the molecule is COc1ccc2c(c1)CC[C@@H]1C2=NN(/C(C)=C/C(C)=O)[C@H]1c1ccccc1F. The number of benzene rings is 2. The minimum atomic E-state index is -0.262. The lowest BCUT2D eigenvalue weighted by Gasteiger charge is -2.31. The van der Waals surface area contributed by atoms with Crippen molar-refractivity contribution in [1.82, 2.24) is 5.01 Å². The van der Waals surface area contributed by atoms with E-state index in [0.29, 0.717) is 5.56 Å². The molecule has 0 saturated heterocycles. The average Bonchev–Trinajstić information content (AvgIpc) is 3.07. The highest BCUT2D eigenvalue weighted by Gasteiger charge is 2.43. The van der Waals surface area contributed by atoms with Gasteiger partial charge in [-0.05, 0) is 56.5 Å². The number of methoxy groups -OCH3 is 1. The van der Waals surface area contributed by atoms with Gasteiger partial charge < -0.3 is 4.74 Å². The molecular weight excluding hydrogens is 355 g/mol. The fourth-order valence-electron chi connectivity index (χ4n) is 4.31. The Labute approximate surface area is 164 Å². The zero-order valence-electron chi connectivity index (χ0n) is 16.3. The molecule has 0 N–H and O–H groups in total. The van der Waals surface area contributed by atoms with Crippen molar-refractivity contribution in [3.8, 4) is 5.75 Å². The van der Waals surface area contributed by atoms with Gasteiger partial charge in [-0.2, -0.15) is 5.10 Å². The molecule has 1 aliphatic heterocycles. The second kappa shape index (κ2) is 7.23. The van der Waals surface area contributed by atoms with Crippen LogP contribution in [0.15, 0.2) is 59.3 Å². The van der Waals surface area contributed by atoms with Crippen LogP contribution in [0, 0.1) is 11.7 Å². The zero-order valence-corrected chi connectivity index (χ0v) is 16.3. The van der Waals surface area contributed by atoms with Crippen molar-refractivity contribution >= 4 is 11.5 Å². The lowest BCUT2D eigenvalue weighted by Crippen LogP contribution is -2.29. The van der Waals surface area contributed by atoms with Gasteiger partial charge in [-0.1, -0.05) is 18.2 Å². The fraction of sp³-hybridized carbons (Fsp3) is 0.304. The maximum Gasteiger partial charge on any atom is 0.154 e. The Morgan fingerprint density at radius 3 is 2.75 bits per heavy atom. The number of hydrogen-bond acceptors (Lipinski definition) is 4. The number of carbonyl (C=O) groups excluding carboxylic acids is 1. The summed E-state index contributed by atoms with van der Waals surface area (Å²) in [6, 6.07) is 12.6. The van der Waals surface area contributed by atoms with Crippen LogP contribution in [0.5, 0.6) is 5.75 Å². The Morgan fingerprint density at radius 2 is 2.04 bits per heavy atom. The lowest BCUT2D eigenvalue weighted by atomic mass is 9.77. The molecule has 0 radical (unpaired) electrons. The molecule has 4 nitrogen and oxygen atoms in total. The third-order valence-electron chi connectivity index (χ3n) is 5.52. The third-order valence-corrected chi connectivity index (χ3v) is 5.52. The van der Waals surface area contributed by atoms with Crippen molar-refractivity contribution in [3.05, 3.63) is 76.7 Å². The number of ketones is 1. The number of allylic oxidation sites excluding steroid dienone is 2. The molecule has 1 heterocycles. The van der Waals surface area contributed by atoms with Crippen LogP contribution >= 0.6 is 0 Å². The molecule has 2 aromatic rings. The molecule has 2 aromatic carbocycles. The molecule has 144 valence electrons. The van der Waals surface area contributed by atoms with Crippen molar-refractivity contribution in [2.24, 2.45) is 11.0 Å². The summed E-state index contributed by atoms with van der Waals surface area (Å²) in [5.41, 5.74) is 4.55. The van der Waals surface area contributed by atoms with Crippen LogP contribution in [0.2, 0.25) is 0 Å². The summed E-state index contributed by atoms with van der Waals surface area (Å²) in [5.74, 6) is 0.592. The number of ether oxygens (including phenoxy) is 1. The van der Waals surface area contributed by atoms with Gasteiger partial charge in [0.15, 0.2) is 5.78 Å². The minimum Gasteiger partial charge on any atom is -0.497 e. The highest BCUT2D eigenvalue weighted by Crippen LogP contribution is 2.45. The molecule has 0 aromatic heterocycles. The van der Waals surface area contributed by atoms with E-state index >= 15 is 0 Å². The van der Waals surface area contributed by atoms with Gasteiger partial charge in [0.25, 0.3) is 0 Å². The topological polar surface area (TPSA) is 41.9 Å². The molecule has 0 amide bonds. The maximum absolute atomic E-state index is 14.7. The first-order valence-corrected chi connectivity index (χ1v) is 9.48. The molecule has 0 spiro atoms. The number of hydrogen-bond donors (Lipinski definition) is 0. The number of carbonyl (C=O) groups is 1. The molecule has 0 fully saturated rings. The highest BCUT2D eigenvalue weighted by atomic mass is 19.1. The van der Waals surface area contributed by atoms with Gasteiger partial charge in [-0.25, -0.2) is 4.39 Å². The minimum absolute atomic E-state index is 0.0509. The van der Waals surface area contributed by atoms with E-state index in [1.165, 1.54) is 18.6 Å². The van der Waals surface area contributed by atoms with Gasteiger partial charge in [0.05, 0.1) is 18.9 Å². The Bertz CT molecular complexity index is 996. The summed E-state index contributed by atoms with van der Waals surface area (Å²) in [6.07, 6.45) is 3.30. The molecule has 4 rings (SSSR count). The van der Waals surface area contributed by atoms with E-state index in [2.05, 4.69) is 0 Å². The molecule has 0 unspecified atom stereocenters. The first kappa shape index (κ1) is 18.4. The van der Waals surface area contributed by atoms with Crippen molar-refractivity contribution in [2.75, 3.05) is 7.11 Å². The predicted molar refractivity (Wildman–Crippen MR) is 107 cm³/mol. The second-order valence-corrected chi connectivity index (χ2v) is 7.36. The van der Waals surface area contributed by atoms with Crippen LogP contribution in [-0.2, 0) is 11.2 Å². The molecular formula is C23H23FN2O2. The molecule has 5 heteroatoms. The van der Waals surface area contributed by atoms with Crippen molar-refractivity contribution in [1.29, 1.82) is 0 Å². The number of rotatable bonds is 4. The predicted octanol–water partition coefficient (Wildman–Crippen LogP) is 4.65. The van der Waals surface area contributed by atoms with Crippen LogP contribution < -0.4 is 4.74 Å². The number of aryl methyl sites for hydroxylation is 1. The van der Waals surface area contributed by atoms with Crippen LogP contribution in [0.25, 0.3) is 0 Å². The van der Waals surface area contributed by atoms with Crippen LogP contribution in [-0.4, -0.2) is 23.6 Å². The van der Waals surface area contributed by atoms with Crippen molar-refractivity contribution < 1.29 is 13.9 Å². The third kappa shape index (κ3) is 3.11. The Kier molecular flexibility index (Phi) is 4.75. The first-order valence-electron chi connectivity index (χ1n) is 9.48. The van der Waals surface area contributed by atoms with E-state index < -0.39 is 0 Å². The smallest absolute Gasteiger partial charge is 0.154 e. The van der Waals surface area contributed by atoms with Crippen LogP contribution in [0.3, 0.4) is 0 Å². The lowest BCUT2D eigenvalue weighted by molar-refractivity contribution is -0.112. The van der Waals surface area contributed by atoms with E-state index in [9.17, 15) is 9.18 Å². The molecule has 2 atom stereocenters. The zero-order chi connectivity index (χ0) is 19.8. The summed E-state index contributed by atoms with van der Waals surface area (Å²) in [6.45, 7) is 3.37. The van der Waals surface area contributed by atoms with E-state index in [0.717, 1.165) is 35.6 Å². The summed E-state index contributed by atoms with van der Waals surface area (Å²) in [5, 5.41) is 6.70. The largest absolute Gasteiger partial charge is 0.497 e. The van der Waals surface area contributed by atoms with Crippen LogP contribution in [0.4, 0.5) is 4.39 Å². The molecule has 1 aliphatic carbocycles. The van der Waals surface area contributed by atoms with E-state index in [1.54, 1.807) is 19.3 Å². The Hall–Kier alpha value is -2.95. The highest BCUT2D eigenvalue weighted by molar-refractivity contribution is 6.06. The standard InChI is InChI=1S/C23H23FN2O2/c1-14(12-15(2)27)26-23(19-6-4-5-7-21(19)24)20-10-8-16-13-17(28-3)9-11-18(16)22(20)25-26/h4-7,9,11-13,20,23H,8,10H2,1-3H3/b14-12+/t20-,23+/m1/s1. The number of fused-ring (bicyclic) bond motifs is 3. The fourth-order valence-corrected chi connectivity index (χ4v) is 4.31. The van der Waals surface area contributed by atoms with Crippen molar-refractivity contribution in [3.63, 3.8) is 0 Å². The second-order valence-electron chi connectivity index (χ2n) is 7.36. The van der Waals surface area contributed by atoms with Gasteiger partial charge in [0.1, 0.15) is 11.6 Å². The molecule has 0 bridgehead atoms. The van der Waals surface area contributed by atoms with Gasteiger partial charge in [-0.15, -0.1) is 0 Å². The van der Waals surface area contributed by atoms with Gasteiger partial charge in [-0.3, -0.25) is 9.80 Å². The van der Waals surface area contributed by atoms with Crippen molar-refractivity contribution in [2.45, 2.75) is 32.7 Å². The molecule has 0 saturated carbocycles. The van der Waals surface area contributed by atoms with E-state index in [4.69, 9.17) is 9.84 Å². The van der Waals surface area contributed by atoms with Gasteiger partial charge in [0, 0.05) is 28.8 Å². The van der Waals surface area contributed by atoms with E-state index in [-0.39, 0.29) is 23.6 Å². The summed E-state index contributed by atoms with van der Waals surface area (Å²) in [7, 11) is 1.66. The molecule has 28 heavy (non-hydrogen) atoms. The Balaban J connectivity index is 1.84. The Morgan fingerprint density at radius 1 is 1.25 bits per heavy atom. The number of hydrazone groups is 1. The molecule has 2 aliphatic rings. The average molecular weight is 378 g/mol. The number of halogens is 1. The van der Waals surface area contributed by atoms with E-state index in [1.807, 2.05) is 42.3 Å². The number of nitrogens with zero attached hydrogens (tertiary/aromatic N) is 2. The first-order chi connectivity index (χ1) is 13.5. The summed E-state index contributed by atoms with van der Waals surface area (Å²) >= 11 is 0. The normalized spacial score (nSPS) is 21.1. The maximum atomic E-state index is 14.7. The van der Waals surface area contributed by atoms with Crippen LogP contribution in [0.1, 0.15) is 43.0 Å². The monoisotopic (exact) mass is 378 g/mol. The summed E-state index contributed by atoms with van der Waals surface area (Å²) < 4.78 is 20.1. The quantitative estimate of drug-likeness (QED) is 0.727. The summed E-state index contributed by atoms with van der Waals surface area (Å²) in [4.78, 5) is 11.7. The van der Waals surface area contributed by atoms with Gasteiger partial charge in [0.2, 0.25) is 0 Å². The van der Waals surface area contributed by atoms with Gasteiger partial charge >= 0.3 is 0 Å².